The molecular formula is C26H26N4O7. The van der Waals surface area contributed by atoms with Crippen LogP contribution >= 0.6 is 0 Å². The number of benzene rings is 2. The molecule has 1 heterocycles. The minimum Gasteiger partial charge on any atom is -0.481 e. The second-order valence-electron chi connectivity index (χ2n) is 8.77. The number of aryl methyl sites for hydroxylation is 1. The predicted molar refractivity (Wildman–Crippen MR) is 133 cm³/mol. The highest BCUT2D eigenvalue weighted by Crippen LogP contribution is 2.44. The Kier molecular flexibility index (Phi) is 7.52. The lowest BCUT2D eigenvalue weighted by molar-refractivity contribution is -0.137. The summed E-state index contributed by atoms with van der Waals surface area (Å²) in [7, 11) is 0. The maximum Gasteiger partial charge on any atom is 0.407 e. The number of fused-ring (bicyclic) bond motifs is 3. The van der Waals surface area contributed by atoms with Gasteiger partial charge in [0.05, 0.1) is 12.5 Å². The van der Waals surface area contributed by atoms with E-state index in [9.17, 15) is 29.1 Å². The molecule has 0 saturated carbocycles. The Labute approximate surface area is 211 Å². The third kappa shape index (κ3) is 5.95. The number of hydrogen-bond donors (Lipinski definition) is 4. The van der Waals surface area contributed by atoms with Crippen molar-refractivity contribution >= 4 is 18.0 Å². The number of rotatable bonds is 9. The topological polar surface area (TPSA) is 160 Å². The molecule has 1 aliphatic rings. The normalized spacial score (nSPS) is 12.8. The number of hydrogen-bond acceptors (Lipinski definition) is 6. The van der Waals surface area contributed by atoms with E-state index in [0.29, 0.717) is 0 Å². The van der Waals surface area contributed by atoms with Crippen molar-refractivity contribution in [1.29, 1.82) is 0 Å². The molecule has 0 aliphatic heterocycles. The van der Waals surface area contributed by atoms with Gasteiger partial charge >= 0.3 is 17.8 Å². The van der Waals surface area contributed by atoms with Gasteiger partial charge in [-0.2, -0.15) is 0 Å². The lowest BCUT2D eigenvalue weighted by Crippen LogP contribution is -2.46. The number of alkyl carbamates (subject to hydrolysis) is 1. The molecule has 37 heavy (non-hydrogen) atoms. The Morgan fingerprint density at radius 1 is 1.05 bits per heavy atom. The Balaban J connectivity index is 1.32. The van der Waals surface area contributed by atoms with Crippen molar-refractivity contribution < 1.29 is 24.2 Å². The van der Waals surface area contributed by atoms with E-state index in [0.717, 1.165) is 26.8 Å². The highest BCUT2D eigenvalue weighted by Gasteiger charge is 2.29. The number of amides is 2. The van der Waals surface area contributed by atoms with Crippen molar-refractivity contribution in [2.75, 3.05) is 13.2 Å². The lowest BCUT2D eigenvalue weighted by atomic mass is 9.98. The number of H-pyrrole nitrogens is 1. The van der Waals surface area contributed by atoms with Crippen molar-refractivity contribution in [2.45, 2.75) is 31.8 Å². The van der Waals surface area contributed by atoms with Crippen LogP contribution in [-0.2, 0) is 20.9 Å². The molecule has 11 heteroatoms. The van der Waals surface area contributed by atoms with Gasteiger partial charge in [0.15, 0.2) is 0 Å². The maximum atomic E-state index is 12.4. The molecule has 1 aromatic heterocycles. The van der Waals surface area contributed by atoms with Gasteiger partial charge in [-0.15, -0.1) is 0 Å². The van der Waals surface area contributed by atoms with Gasteiger partial charge in [0.1, 0.15) is 13.2 Å². The van der Waals surface area contributed by atoms with Gasteiger partial charge in [-0.05, 0) is 29.2 Å². The summed E-state index contributed by atoms with van der Waals surface area (Å²) in [6, 6.07) is 14.8. The van der Waals surface area contributed by atoms with Crippen LogP contribution in [0.4, 0.5) is 4.79 Å². The van der Waals surface area contributed by atoms with Crippen LogP contribution in [0, 0.1) is 6.92 Å². The van der Waals surface area contributed by atoms with E-state index in [1.807, 2.05) is 48.5 Å². The van der Waals surface area contributed by atoms with E-state index in [2.05, 4.69) is 15.6 Å². The number of carboxylic acids is 1. The second kappa shape index (κ2) is 10.9. The molecule has 4 N–H and O–H groups in total. The molecule has 0 spiro atoms. The van der Waals surface area contributed by atoms with Gasteiger partial charge in [0.2, 0.25) is 5.91 Å². The van der Waals surface area contributed by atoms with Crippen LogP contribution in [0.15, 0.2) is 64.3 Å². The molecule has 2 amide bonds. The fraction of sp³-hybridized carbons (Fsp3) is 0.269. The van der Waals surface area contributed by atoms with Crippen molar-refractivity contribution in [2.24, 2.45) is 0 Å². The summed E-state index contributed by atoms with van der Waals surface area (Å²) in [5.74, 6) is -1.98. The average molecular weight is 507 g/mol. The molecular weight excluding hydrogens is 480 g/mol. The maximum absolute atomic E-state index is 12.4. The molecule has 0 radical (unpaired) electrons. The van der Waals surface area contributed by atoms with E-state index >= 15 is 0 Å². The molecule has 2 aromatic carbocycles. The largest absolute Gasteiger partial charge is 0.481 e. The summed E-state index contributed by atoms with van der Waals surface area (Å²) < 4.78 is 6.51. The van der Waals surface area contributed by atoms with Crippen molar-refractivity contribution in [3.05, 3.63) is 92.3 Å². The first-order chi connectivity index (χ1) is 17.7. The number of aromatic amines is 1. The van der Waals surface area contributed by atoms with E-state index in [1.165, 1.54) is 13.1 Å². The van der Waals surface area contributed by atoms with Crippen molar-refractivity contribution in [3.63, 3.8) is 0 Å². The number of ether oxygens (including phenoxy) is 1. The van der Waals surface area contributed by atoms with Crippen LogP contribution in [0.3, 0.4) is 0 Å². The van der Waals surface area contributed by atoms with E-state index in [4.69, 9.17) is 4.74 Å². The number of carbonyl (C=O) groups excluding carboxylic acids is 2. The summed E-state index contributed by atoms with van der Waals surface area (Å²) in [5.41, 5.74) is 3.28. The number of nitrogens with one attached hydrogen (secondary N) is 3. The third-order valence-corrected chi connectivity index (χ3v) is 6.13. The Morgan fingerprint density at radius 3 is 2.30 bits per heavy atom. The minimum absolute atomic E-state index is 0.0809. The van der Waals surface area contributed by atoms with Gasteiger partial charge < -0.3 is 20.5 Å². The Morgan fingerprint density at radius 2 is 1.68 bits per heavy atom. The van der Waals surface area contributed by atoms with E-state index in [-0.39, 0.29) is 24.6 Å². The van der Waals surface area contributed by atoms with Crippen LogP contribution in [0.5, 0.6) is 0 Å². The highest BCUT2D eigenvalue weighted by molar-refractivity contribution is 5.83. The highest BCUT2D eigenvalue weighted by atomic mass is 16.5. The van der Waals surface area contributed by atoms with Crippen LogP contribution < -0.4 is 21.9 Å². The first kappa shape index (κ1) is 25.4. The summed E-state index contributed by atoms with van der Waals surface area (Å²) in [5, 5.41) is 14.1. The number of nitrogens with zero attached hydrogens (tertiary/aromatic N) is 1. The van der Waals surface area contributed by atoms with E-state index < -0.39 is 48.2 Å². The fourth-order valence-electron chi connectivity index (χ4n) is 4.44. The smallest absolute Gasteiger partial charge is 0.407 e. The predicted octanol–water partition coefficient (Wildman–Crippen LogP) is 1.34. The molecule has 192 valence electrons. The summed E-state index contributed by atoms with van der Waals surface area (Å²) in [4.78, 5) is 61.7. The molecule has 0 bridgehead atoms. The third-order valence-electron chi connectivity index (χ3n) is 6.13. The van der Waals surface area contributed by atoms with Gasteiger partial charge in [0.25, 0.3) is 5.56 Å². The average Bonchev–Trinajstić information content (AvgIpc) is 3.18. The molecule has 0 unspecified atom stereocenters. The SMILES string of the molecule is Cc1cn(C[C@@H](CC(=O)O)NC(=O)CNC(=O)OCC2c3ccccc3-c3ccccc32)c(=O)[nH]c1=O. The summed E-state index contributed by atoms with van der Waals surface area (Å²) >= 11 is 0. The summed E-state index contributed by atoms with van der Waals surface area (Å²) in [6.45, 7) is 0.946. The zero-order valence-corrected chi connectivity index (χ0v) is 20.0. The summed E-state index contributed by atoms with van der Waals surface area (Å²) in [6.07, 6.45) is 0.0255. The van der Waals surface area contributed by atoms with E-state index in [1.54, 1.807) is 0 Å². The molecule has 4 rings (SSSR count). The number of carboxylic acid groups (broad SMARTS) is 1. The molecule has 1 atom stereocenters. The molecule has 11 nitrogen and oxygen atoms in total. The zero-order chi connectivity index (χ0) is 26.5. The quantitative estimate of drug-likeness (QED) is 0.341. The standard InChI is InChI=1S/C26H26N4O7/c1-15-12-30(25(35)29-24(15)34)13-16(10-23(32)33)28-22(31)11-27-26(36)37-14-21-19-8-4-2-6-17(19)18-7-3-5-9-20(18)21/h2-9,12,16,21H,10-11,13-14H2,1H3,(H,27,36)(H,28,31)(H,32,33)(H,29,34,35)/t16-/m1/s1. The molecule has 0 fully saturated rings. The first-order valence-electron chi connectivity index (χ1n) is 11.6. The second-order valence-corrected chi connectivity index (χ2v) is 8.77. The van der Waals surface area contributed by atoms with Crippen LogP contribution in [0.1, 0.15) is 29.0 Å². The van der Waals surface area contributed by atoms with Gasteiger partial charge in [-0.1, -0.05) is 48.5 Å². The number of aromatic nitrogens is 2. The van der Waals surface area contributed by atoms with Gasteiger partial charge in [-0.3, -0.25) is 23.9 Å². The van der Waals surface area contributed by atoms with Crippen LogP contribution in [0.25, 0.3) is 11.1 Å². The molecule has 0 saturated heterocycles. The number of carbonyl (C=O) groups is 3. The molecule has 1 aliphatic carbocycles. The molecule has 3 aromatic rings. The zero-order valence-electron chi connectivity index (χ0n) is 20.0. The van der Waals surface area contributed by atoms with Crippen molar-refractivity contribution in [3.8, 4) is 11.1 Å². The first-order valence-corrected chi connectivity index (χ1v) is 11.6. The number of aliphatic carboxylic acids is 1. The minimum atomic E-state index is -1.19. The Hall–Kier alpha value is -4.67. The van der Waals surface area contributed by atoms with Crippen LogP contribution in [0.2, 0.25) is 0 Å². The Bertz CT molecular complexity index is 1410. The van der Waals surface area contributed by atoms with Gasteiger partial charge in [0, 0.05) is 24.2 Å². The van der Waals surface area contributed by atoms with Crippen molar-refractivity contribution in [1.82, 2.24) is 20.2 Å². The monoisotopic (exact) mass is 506 g/mol. The van der Waals surface area contributed by atoms with Crippen LogP contribution in [-0.4, -0.2) is 51.8 Å². The fourth-order valence-corrected chi connectivity index (χ4v) is 4.44. The van der Waals surface area contributed by atoms with Gasteiger partial charge in [-0.25, -0.2) is 9.59 Å². The lowest BCUT2D eigenvalue weighted by Gasteiger charge is -2.19.